The van der Waals surface area contributed by atoms with Gasteiger partial charge in [0.05, 0.1) is 0 Å². The molecule has 0 aliphatic carbocycles. The van der Waals surface area contributed by atoms with Gasteiger partial charge in [-0.1, -0.05) is 0 Å². The van der Waals surface area contributed by atoms with Crippen molar-refractivity contribution in [1.29, 1.82) is 0 Å². The van der Waals surface area contributed by atoms with Crippen LogP contribution in [0.2, 0.25) is 0 Å². The minimum absolute atomic E-state index is 0.00866. The van der Waals surface area contributed by atoms with Crippen molar-refractivity contribution in [3.63, 3.8) is 0 Å². The van der Waals surface area contributed by atoms with Crippen molar-refractivity contribution in [3.8, 4) is 0 Å². The van der Waals surface area contributed by atoms with E-state index in [1.54, 1.807) is 7.05 Å². The van der Waals surface area contributed by atoms with E-state index in [1.807, 2.05) is 0 Å². The summed E-state index contributed by atoms with van der Waals surface area (Å²) in [6.07, 6.45) is 0.213. The zero-order valence-corrected chi connectivity index (χ0v) is 7.94. The predicted molar refractivity (Wildman–Crippen MR) is 48.6 cm³/mol. The standard InChI is InChI=1S/C6H12N4O4/c1-7-4-3-5(8-2)6(9(11)12)10(13)14/h7-8H,3-4H2,1-2H3. The second-order valence-corrected chi connectivity index (χ2v) is 2.42. The van der Waals surface area contributed by atoms with Gasteiger partial charge in [-0.05, 0) is 7.05 Å². The first-order valence-electron chi connectivity index (χ1n) is 3.88. The Balaban J connectivity index is 4.89. The molecule has 8 heteroatoms. The zero-order chi connectivity index (χ0) is 11.1. The highest BCUT2D eigenvalue weighted by atomic mass is 16.7. The molecule has 0 radical (unpaired) electrons. The SMILES string of the molecule is CNCCC(NC)=C([N+](=O)[O-])[N+](=O)[O-]. The van der Waals surface area contributed by atoms with Crippen molar-refractivity contribution in [2.75, 3.05) is 20.6 Å². The summed E-state index contributed by atoms with van der Waals surface area (Å²) in [6.45, 7) is 0.432. The summed E-state index contributed by atoms with van der Waals surface area (Å²) in [6, 6.07) is 0. The summed E-state index contributed by atoms with van der Waals surface area (Å²) in [5.74, 6) is -0.997. The Labute approximate surface area is 80.3 Å². The molecular weight excluding hydrogens is 192 g/mol. The van der Waals surface area contributed by atoms with Crippen LogP contribution in [-0.2, 0) is 0 Å². The third-order valence-electron chi connectivity index (χ3n) is 1.54. The van der Waals surface area contributed by atoms with Crippen molar-refractivity contribution in [1.82, 2.24) is 10.6 Å². The highest BCUT2D eigenvalue weighted by Crippen LogP contribution is 2.06. The summed E-state index contributed by atoms with van der Waals surface area (Å²) in [5.41, 5.74) is 0.00866. The Kier molecular flexibility index (Phi) is 5.15. The molecule has 0 heterocycles. The third kappa shape index (κ3) is 3.35. The van der Waals surface area contributed by atoms with Crippen LogP contribution in [0.15, 0.2) is 11.5 Å². The lowest BCUT2D eigenvalue weighted by Crippen LogP contribution is -2.22. The van der Waals surface area contributed by atoms with Crippen LogP contribution >= 0.6 is 0 Å². The van der Waals surface area contributed by atoms with Gasteiger partial charge in [0.1, 0.15) is 9.85 Å². The van der Waals surface area contributed by atoms with Gasteiger partial charge in [-0.3, -0.25) is 20.2 Å². The van der Waals surface area contributed by atoms with E-state index in [1.165, 1.54) is 7.05 Å². The van der Waals surface area contributed by atoms with Gasteiger partial charge in [0.25, 0.3) is 0 Å². The van der Waals surface area contributed by atoms with Crippen LogP contribution in [0.1, 0.15) is 6.42 Å². The van der Waals surface area contributed by atoms with Crippen LogP contribution in [0.25, 0.3) is 0 Å². The maximum atomic E-state index is 10.4. The number of nitro groups is 2. The van der Waals surface area contributed by atoms with Gasteiger partial charge in [-0.2, -0.15) is 0 Å². The van der Waals surface area contributed by atoms with Gasteiger partial charge < -0.3 is 10.6 Å². The fourth-order valence-corrected chi connectivity index (χ4v) is 0.886. The van der Waals surface area contributed by atoms with E-state index in [0.717, 1.165) is 0 Å². The second-order valence-electron chi connectivity index (χ2n) is 2.42. The molecule has 0 saturated carbocycles. The molecule has 14 heavy (non-hydrogen) atoms. The Morgan fingerprint density at radius 3 is 2.00 bits per heavy atom. The summed E-state index contributed by atoms with van der Waals surface area (Å²) >= 11 is 0. The Morgan fingerprint density at radius 2 is 1.71 bits per heavy atom. The molecule has 0 aromatic rings. The van der Waals surface area contributed by atoms with Gasteiger partial charge >= 0.3 is 5.82 Å². The molecule has 8 nitrogen and oxygen atoms in total. The maximum Gasteiger partial charge on any atom is 0.577 e. The van der Waals surface area contributed by atoms with E-state index in [0.29, 0.717) is 6.54 Å². The highest BCUT2D eigenvalue weighted by molar-refractivity contribution is 4.99. The second kappa shape index (κ2) is 5.86. The molecule has 80 valence electrons. The lowest BCUT2D eigenvalue weighted by Gasteiger charge is -2.02. The van der Waals surface area contributed by atoms with Crippen molar-refractivity contribution >= 4 is 0 Å². The quantitative estimate of drug-likeness (QED) is 0.447. The number of hydrogen-bond donors (Lipinski definition) is 2. The number of hydrogen-bond acceptors (Lipinski definition) is 6. The monoisotopic (exact) mass is 204 g/mol. The van der Waals surface area contributed by atoms with E-state index >= 15 is 0 Å². The molecule has 0 aromatic carbocycles. The highest BCUT2D eigenvalue weighted by Gasteiger charge is 2.30. The number of nitrogens with one attached hydrogen (secondary N) is 2. The molecule has 0 spiro atoms. The first-order chi connectivity index (χ1) is 6.54. The molecule has 2 N–H and O–H groups in total. The summed E-state index contributed by atoms with van der Waals surface area (Å²) in [4.78, 5) is 18.7. The van der Waals surface area contributed by atoms with Gasteiger partial charge in [-0.25, -0.2) is 0 Å². The summed E-state index contributed by atoms with van der Waals surface area (Å²) in [7, 11) is 3.07. The van der Waals surface area contributed by atoms with Crippen LogP contribution in [0.4, 0.5) is 0 Å². The topological polar surface area (TPSA) is 110 Å². The Bertz CT molecular complexity index is 247. The molecule has 0 unspecified atom stereocenters. The minimum atomic E-state index is -0.999. The fraction of sp³-hybridized carbons (Fsp3) is 0.667. The molecule has 0 fully saturated rings. The molecule has 0 aliphatic rings. The average molecular weight is 204 g/mol. The fourth-order valence-electron chi connectivity index (χ4n) is 0.886. The van der Waals surface area contributed by atoms with E-state index in [9.17, 15) is 20.2 Å². The molecule has 0 saturated heterocycles. The first-order valence-corrected chi connectivity index (χ1v) is 3.88. The Hall–Kier alpha value is -1.70. The maximum absolute atomic E-state index is 10.4. The predicted octanol–water partition coefficient (Wildman–Crippen LogP) is -0.462. The van der Waals surface area contributed by atoms with Gasteiger partial charge in [0.15, 0.2) is 5.70 Å². The minimum Gasteiger partial charge on any atom is -0.380 e. The van der Waals surface area contributed by atoms with E-state index < -0.39 is 15.7 Å². The van der Waals surface area contributed by atoms with Crippen LogP contribution in [0.5, 0.6) is 0 Å². The first kappa shape index (κ1) is 12.3. The lowest BCUT2D eigenvalue weighted by atomic mass is 10.3. The van der Waals surface area contributed by atoms with Gasteiger partial charge in [0, 0.05) is 20.0 Å². The summed E-state index contributed by atoms with van der Waals surface area (Å²) in [5, 5.41) is 25.9. The molecule has 0 aliphatic heterocycles. The molecule has 0 aromatic heterocycles. The van der Waals surface area contributed by atoms with Crippen molar-refractivity contribution in [2.45, 2.75) is 6.42 Å². The van der Waals surface area contributed by atoms with Crippen molar-refractivity contribution in [3.05, 3.63) is 31.7 Å². The molecule has 0 bridgehead atoms. The zero-order valence-electron chi connectivity index (χ0n) is 7.94. The third-order valence-corrected chi connectivity index (χ3v) is 1.54. The largest absolute Gasteiger partial charge is 0.577 e. The normalized spacial score (nSPS) is 9.29. The molecular formula is C6H12N4O4. The smallest absolute Gasteiger partial charge is 0.380 e. The van der Waals surface area contributed by atoms with Gasteiger partial charge in [-0.15, -0.1) is 0 Å². The van der Waals surface area contributed by atoms with Crippen molar-refractivity contribution < 1.29 is 9.85 Å². The molecule has 0 rings (SSSR count). The van der Waals surface area contributed by atoms with E-state index in [2.05, 4.69) is 10.6 Å². The molecule has 0 atom stereocenters. The van der Waals surface area contributed by atoms with Crippen LogP contribution in [0, 0.1) is 20.2 Å². The summed E-state index contributed by atoms with van der Waals surface area (Å²) < 4.78 is 0. The van der Waals surface area contributed by atoms with Crippen LogP contribution < -0.4 is 10.6 Å². The van der Waals surface area contributed by atoms with Crippen LogP contribution in [-0.4, -0.2) is 30.5 Å². The van der Waals surface area contributed by atoms with E-state index in [-0.39, 0.29) is 12.1 Å². The Morgan fingerprint density at radius 1 is 1.21 bits per heavy atom. The van der Waals surface area contributed by atoms with Gasteiger partial charge in [0.2, 0.25) is 0 Å². The van der Waals surface area contributed by atoms with E-state index in [4.69, 9.17) is 0 Å². The lowest BCUT2D eigenvalue weighted by molar-refractivity contribution is -0.617. The number of nitrogens with zero attached hydrogens (tertiary/aromatic N) is 2. The van der Waals surface area contributed by atoms with Crippen molar-refractivity contribution in [2.24, 2.45) is 0 Å². The average Bonchev–Trinajstić information content (AvgIpc) is 2.10. The molecule has 0 amide bonds. The number of rotatable bonds is 6. The van der Waals surface area contributed by atoms with Crippen LogP contribution in [0.3, 0.4) is 0 Å².